The smallest absolute Gasteiger partial charge is 0.0615 e. The Balaban J connectivity index is 2.56. The zero-order valence-electron chi connectivity index (χ0n) is 12.3. The highest BCUT2D eigenvalue weighted by Crippen LogP contribution is 2.24. The Morgan fingerprint density at radius 3 is 2.63 bits per heavy atom. The first-order valence-corrected chi connectivity index (χ1v) is 7.08. The number of methoxy groups -OCH3 is 1. The van der Waals surface area contributed by atoms with E-state index in [-0.39, 0.29) is 6.04 Å². The van der Waals surface area contributed by atoms with Crippen LogP contribution < -0.4 is 5.32 Å². The third kappa shape index (κ3) is 5.11. The van der Waals surface area contributed by atoms with Gasteiger partial charge in [-0.2, -0.15) is 0 Å². The fourth-order valence-corrected chi connectivity index (χ4v) is 2.40. The van der Waals surface area contributed by atoms with Crippen LogP contribution in [0, 0.1) is 0 Å². The first-order chi connectivity index (χ1) is 9.10. The van der Waals surface area contributed by atoms with E-state index in [1.807, 2.05) is 25.2 Å². The summed E-state index contributed by atoms with van der Waals surface area (Å²) in [6.07, 6.45) is 1.02. The summed E-state index contributed by atoms with van der Waals surface area (Å²) in [6.45, 7) is 3.93. The molecule has 0 amide bonds. The molecule has 0 fully saturated rings. The quantitative estimate of drug-likeness (QED) is 0.794. The maximum absolute atomic E-state index is 6.25. The molecule has 0 aromatic heterocycles. The summed E-state index contributed by atoms with van der Waals surface area (Å²) >= 11 is 6.25. The number of rotatable bonds is 8. The van der Waals surface area contributed by atoms with Gasteiger partial charge >= 0.3 is 0 Å². The molecule has 2 unspecified atom stereocenters. The van der Waals surface area contributed by atoms with Crippen LogP contribution in [0.3, 0.4) is 0 Å². The number of halogens is 1. The van der Waals surface area contributed by atoms with Crippen molar-refractivity contribution in [2.45, 2.75) is 25.4 Å². The molecule has 0 aliphatic heterocycles. The van der Waals surface area contributed by atoms with E-state index in [4.69, 9.17) is 16.3 Å². The van der Waals surface area contributed by atoms with Crippen molar-refractivity contribution in [3.63, 3.8) is 0 Å². The number of hydrogen-bond acceptors (Lipinski definition) is 3. The summed E-state index contributed by atoms with van der Waals surface area (Å²) in [5.74, 6) is 0. The van der Waals surface area contributed by atoms with Crippen molar-refractivity contribution in [3.05, 3.63) is 34.9 Å². The molecule has 1 aromatic carbocycles. The molecule has 0 aliphatic rings. The normalized spacial score (nSPS) is 14.6. The van der Waals surface area contributed by atoms with Crippen LogP contribution in [0.4, 0.5) is 0 Å². The van der Waals surface area contributed by atoms with Gasteiger partial charge in [-0.05, 0) is 39.1 Å². The van der Waals surface area contributed by atoms with Gasteiger partial charge in [0.25, 0.3) is 0 Å². The average Bonchev–Trinajstić information content (AvgIpc) is 2.41. The summed E-state index contributed by atoms with van der Waals surface area (Å²) in [7, 11) is 5.85. The fourth-order valence-electron chi connectivity index (χ4n) is 2.13. The van der Waals surface area contributed by atoms with Gasteiger partial charge in [0.2, 0.25) is 0 Å². The maximum atomic E-state index is 6.25. The van der Waals surface area contributed by atoms with Gasteiger partial charge in [-0.15, -0.1) is 0 Å². The number of likely N-dealkylation sites (N-methyl/N-ethyl adjacent to an activating group) is 1. The zero-order valence-corrected chi connectivity index (χ0v) is 13.1. The lowest BCUT2D eigenvalue weighted by atomic mass is 10.0. The third-order valence-electron chi connectivity index (χ3n) is 3.56. The number of ether oxygens (including phenoxy) is 1. The van der Waals surface area contributed by atoms with Crippen molar-refractivity contribution < 1.29 is 4.74 Å². The Morgan fingerprint density at radius 1 is 1.37 bits per heavy atom. The molecule has 4 heteroatoms. The number of nitrogens with zero attached hydrogens (tertiary/aromatic N) is 1. The summed E-state index contributed by atoms with van der Waals surface area (Å²) in [5.41, 5.74) is 1.17. The molecule has 0 heterocycles. The van der Waals surface area contributed by atoms with Crippen LogP contribution in [0.1, 0.15) is 24.9 Å². The molecule has 1 rings (SSSR count). The Bertz CT molecular complexity index is 373. The van der Waals surface area contributed by atoms with Crippen molar-refractivity contribution >= 4 is 11.6 Å². The van der Waals surface area contributed by atoms with Crippen LogP contribution >= 0.6 is 11.6 Å². The Hall–Kier alpha value is -0.610. The molecule has 0 radical (unpaired) electrons. The molecule has 0 saturated heterocycles. The van der Waals surface area contributed by atoms with E-state index in [0.29, 0.717) is 6.04 Å². The molecule has 1 aromatic rings. The summed E-state index contributed by atoms with van der Waals surface area (Å²) in [6, 6.07) is 8.73. The number of benzene rings is 1. The van der Waals surface area contributed by atoms with E-state index >= 15 is 0 Å². The minimum atomic E-state index is 0.283. The zero-order chi connectivity index (χ0) is 14.3. The molecule has 108 valence electrons. The molecule has 0 spiro atoms. The van der Waals surface area contributed by atoms with Crippen molar-refractivity contribution in [3.8, 4) is 0 Å². The molecular formula is C15H25ClN2O. The lowest BCUT2D eigenvalue weighted by molar-refractivity contribution is 0.113. The summed E-state index contributed by atoms with van der Waals surface area (Å²) in [4.78, 5) is 2.31. The monoisotopic (exact) mass is 284 g/mol. The van der Waals surface area contributed by atoms with Gasteiger partial charge in [-0.25, -0.2) is 0 Å². The highest BCUT2D eigenvalue weighted by Gasteiger charge is 2.15. The third-order valence-corrected chi connectivity index (χ3v) is 3.90. The van der Waals surface area contributed by atoms with Crippen LogP contribution in [-0.2, 0) is 4.74 Å². The SMILES string of the molecule is CNC(CCN(C)C(C)COC)c1ccccc1Cl. The molecular weight excluding hydrogens is 260 g/mol. The lowest BCUT2D eigenvalue weighted by Crippen LogP contribution is -2.35. The second-order valence-corrected chi connectivity index (χ2v) is 5.34. The molecule has 0 bridgehead atoms. The molecule has 0 saturated carbocycles. The van der Waals surface area contributed by atoms with Crippen molar-refractivity contribution in [2.24, 2.45) is 0 Å². The first-order valence-electron chi connectivity index (χ1n) is 6.71. The van der Waals surface area contributed by atoms with Crippen LogP contribution in [0.5, 0.6) is 0 Å². The van der Waals surface area contributed by atoms with Crippen LogP contribution in [-0.4, -0.2) is 45.3 Å². The van der Waals surface area contributed by atoms with Gasteiger partial charge in [0, 0.05) is 30.8 Å². The minimum Gasteiger partial charge on any atom is -0.383 e. The van der Waals surface area contributed by atoms with Crippen LogP contribution in [0.15, 0.2) is 24.3 Å². The van der Waals surface area contributed by atoms with Gasteiger partial charge in [0.15, 0.2) is 0 Å². The molecule has 0 aliphatic carbocycles. The minimum absolute atomic E-state index is 0.283. The Kier molecular flexibility index (Phi) is 7.39. The second kappa shape index (κ2) is 8.54. The van der Waals surface area contributed by atoms with Gasteiger partial charge < -0.3 is 15.0 Å². The number of nitrogens with one attached hydrogen (secondary N) is 1. The van der Waals surface area contributed by atoms with Crippen molar-refractivity contribution in [1.82, 2.24) is 10.2 Å². The summed E-state index contributed by atoms with van der Waals surface area (Å²) < 4.78 is 5.18. The molecule has 2 atom stereocenters. The van der Waals surface area contributed by atoms with Crippen molar-refractivity contribution in [2.75, 3.05) is 34.4 Å². The fraction of sp³-hybridized carbons (Fsp3) is 0.600. The van der Waals surface area contributed by atoms with E-state index in [0.717, 1.165) is 24.6 Å². The topological polar surface area (TPSA) is 24.5 Å². The van der Waals surface area contributed by atoms with Crippen LogP contribution in [0.25, 0.3) is 0 Å². The van der Waals surface area contributed by atoms with E-state index in [9.17, 15) is 0 Å². The predicted octanol–water partition coefficient (Wildman–Crippen LogP) is 2.96. The first kappa shape index (κ1) is 16.4. The maximum Gasteiger partial charge on any atom is 0.0615 e. The van der Waals surface area contributed by atoms with Gasteiger partial charge in [0.1, 0.15) is 0 Å². The molecule has 3 nitrogen and oxygen atoms in total. The van der Waals surface area contributed by atoms with Gasteiger partial charge in [-0.1, -0.05) is 29.8 Å². The second-order valence-electron chi connectivity index (χ2n) is 4.94. The Labute approximate surface area is 121 Å². The number of hydrogen-bond donors (Lipinski definition) is 1. The van der Waals surface area contributed by atoms with Gasteiger partial charge in [-0.3, -0.25) is 0 Å². The largest absolute Gasteiger partial charge is 0.383 e. The summed E-state index contributed by atoms with van der Waals surface area (Å²) in [5, 5.41) is 4.17. The highest BCUT2D eigenvalue weighted by molar-refractivity contribution is 6.31. The van der Waals surface area contributed by atoms with E-state index in [1.54, 1.807) is 7.11 Å². The molecule has 1 N–H and O–H groups in total. The van der Waals surface area contributed by atoms with E-state index in [2.05, 4.69) is 30.3 Å². The standard InChI is InChI=1S/C15H25ClN2O/c1-12(11-19-4)18(3)10-9-15(17-2)13-7-5-6-8-14(13)16/h5-8,12,15,17H,9-11H2,1-4H3. The van der Waals surface area contributed by atoms with E-state index < -0.39 is 0 Å². The highest BCUT2D eigenvalue weighted by atomic mass is 35.5. The average molecular weight is 285 g/mol. The predicted molar refractivity (Wildman–Crippen MR) is 81.8 cm³/mol. The molecule has 19 heavy (non-hydrogen) atoms. The Morgan fingerprint density at radius 2 is 2.05 bits per heavy atom. The van der Waals surface area contributed by atoms with Gasteiger partial charge in [0.05, 0.1) is 6.61 Å². The van der Waals surface area contributed by atoms with Crippen molar-refractivity contribution in [1.29, 1.82) is 0 Å². The van der Waals surface area contributed by atoms with Crippen LogP contribution in [0.2, 0.25) is 5.02 Å². The lowest BCUT2D eigenvalue weighted by Gasteiger charge is -2.26. The van der Waals surface area contributed by atoms with E-state index in [1.165, 1.54) is 5.56 Å².